The van der Waals surface area contributed by atoms with Crippen LogP contribution in [0.5, 0.6) is 0 Å². The Morgan fingerprint density at radius 3 is 1.59 bits per heavy atom. The van der Waals surface area contributed by atoms with Crippen molar-refractivity contribution in [3.05, 3.63) is 34.8 Å². The molecule has 0 spiro atoms. The van der Waals surface area contributed by atoms with Crippen LogP contribution in [-0.4, -0.2) is 7.25 Å². The second-order valence-corrected chi connectivity index (χ2v) is 4.39. The van der Waals surface area contributed by atoms with E-state index in [1.165, 1.54) is 5.56 Å². The summed E-state index contributed by atoms with van der Waals surface area (Å²) in [6, 6.07) is 7.57. The molecule has 0 bridgehead atoms. The SMILES string of the molecule is CC(C)(C)c1ccc([N+]#N)cc1.F[B-](F)(F)F. The Morgan fingerprint density at radius 1 is 1.00 bits per heavy atom. The first-order chi connectivity index (χ1) is 7.54. The van der Waals surface area contributed by atoms with Gasteiger partial charge in [0.25, 0.3) is 0 Å². The largest absolute Gasteiger partial charge is 0.673 e. The third kappa shape index (κ3) is 8.25. The quantitative estimate of drug-likeness (QED) is 0.369. The Bertz CT molecular complexity index is 381. The summed E-state index contributed by atoms with van der Waals surface area (Å²) in [5.41, 5.74) is 2.01. The zero-order valence-corrected chi connectivity index (χ0v) is 9.79. The van der Waals surface area contributed by atoms with Crippen LogP contribution in [0, 0.1) is 5.39 Å². The zero-order chi connectivity index (χ0) is 13.7. The van der Waals surface area contributed by atoms with Gasteiger partial charge in [0.05, 0.1) is 0 Å². The molecule has 0 N–H and O–H groups in total. The van der Waals surface area contributed by atoms with Gasteiger partial charge in [-0.05, 0) is 11.0 Å². The molecule has 17 heavy (non-hydrogen) atoms. The molecule has 0 aliphatic rings. The lowest BCUT2D eigenvalue weighted by Gasteiger charge is -2.17. The fraction of sp³-hybridized carbons (Fsp3) is 0.400. The van der Waals surface area contributed by atoms with Gasteiger partial charge in [-0.1, -0.05) is 32.9 Å². The van der Waals surface area contributed by atoms with Crippen LogP contribution in [0.2, 0.25) is 0 Å². The van der Waals surface area contributed by atoms with E-state index in [0.717, 1.165) is 0 Å². The van der Waals surface area contributed by atoms with Crippen LogP contribution in [0.1, 0.15) is 26.3 Å². The van der Waals surface area contributed by atoms with Gasteiger partial charge >= 0.3 is 12.9 Å². The molecule has 0 aliphatic heterocycles. The van der Waals surface area contributed by atoms with E-state index in [-0.39, 0.29) is 5.41 Å². The smallest absolute Gasteiger partial charge is 0.418 e. The van der Waals surface area contributed by atoms with E-state index < -0.39 is 7.25 Å². The summed E-state index contributed by atoms with van der Waals surface area (Å²) in [5, 5.41) is 8.46. The first-order valence-corrected chi connectivity index (χ1v) is 4.87. The maximum Gasteiger partial charge on any atom is 0.673 e. The van der Waals surface area contributed by atoms with Gasteiger partial charge in [-0.15, -0.1) is 0 Å². The maximum atomic E-state index is 9.75. The fourth-order valence-corrected chi connectivity index (χ4v) is 1.03. The molecular weight excluding hydrogens is 235 g/mol. The number of rotatable bonds is 0. The summed E-state index contributed by atoms with van der Waals surface area (Å²) < 4.78 is 39.0. The Labute approximate surface area is 97.4 Å². The molecule has 0 fully saturated rings. The lowest BCUT2D eigenvalue weighted by Crippen LogP contribution is -2.10. The predicted octanol–water partition coefficient (Wildman–Crippen LogP) is 4.77. The summed E-state index contributed by atoms with van der Waals surface area (Å²) in [4.78, 5) is 3.09. The average molecular weight is 248 g/mol. The van der Waals surface area contributed by atoms with Crippen LogP contribution in [0.25, 0.3) is 4.98 Å². The van der Waals surface area contributed by atoms with Crippen molar-refractivity contribution in [3.63, 3.8) is 0 Å². The molecule has 0 saturated heterocycles. The van der Waals surface area contributed by atoms with Crippen molar-refractivity contribution in [2.45, 2.75) is 26.2 Å². The topological polar surface area (TPSA) is 28.1 Å². The minimum Gasteiger partial charge on any atom is -0.418 e. The van der Waals surface area contributed by atoms with Crippen molar-refractivity contribution in [2.75, 3.05) is 0 Å². The summed E-state index contributed by atoms with van der Waals surface area (Å²) in [7, 11) is -6.00. The Kier molecular flexibility index (Phi) is 5.14. The van der Waals surface area contributed by atoms with E-state index >= 15 is 0 Å². The van der Waals surface area contributed by atoms with Gasteiger partial charge in [-0.2, -0.15) is 0 Å². The van der Waals surface area contributed by atoms with Crippen molar-refractivity contribution in [1.82, 2.24) is 0 Å². The van der Waals surface area contributed by atoms with E-state index in [0.29, 0.717) is 5.69 Å². The maximum absolute atomic E-state index is 9.75. The van der Waals surface area contributed by atoms with Gasteiger partial charge in [0.15, 0.2) is 4.98 Å². The van der Waals surface area contributed by atoms with Gasteiger partial charge in [0.1, 0.15) is 0 Å². The highest BCUT2D eigenvalue weighted by atomic mass is 19.5. The molecule has 2 nitrogen and oxygen atoms in total. The van der Waals surface area contributed by atoms with E-state index in [4.69, 9.17) is 5.39 Å². The molecule has 0 amide bonds. The van der Waals surface area contributed by atoms with E-state index in [9.17, 15) is 17.3 Å². The Hall–Kier alpha value is -1.58. The van der Waals surface area contributed by atoms with Crippen molar-refractivity contribution in [2.24, 2.45) is 0 Å². The normalized spacial score (nSPS) is 11.2. The average Bonchev–Trinajstić information content (AvgIpc) is 2.14. The third-order valence-corrected chi connectivity index (χ3v) is 1.85. The van der Waals surface area contributed by atoms with Gasteiger partial charge in [0.2, 0.25) is 5.39 Å². The van der Waals surface area contributed by atoms with Crippen LogP contribution in [-0.2, 0) is 5.41 Å². The third-order valence-electron chi connectivity index (χ3n) is 1.85. The lowest BCUT2D eigenvalue weighted by molar-refractivity contribution is 0.368. The molecule has 0 unspecified atom stereocenters. The molecule has 0 radical (unpaired) electrons. The summed E-state index contributed by atoms with van der Waals surface area (Å²) in [5.74, 6) is 0. The first-order valence-electron chi connectivity index (χ1n) is 4.87. The minimum atomic E-state index is -6.00. The van der Waals surface area contributed by atoms with Gasteiger partial charge in [-0.3, -0.25) is 0 Å². The van der Waals surface area contributed by atoms with Crippen LogP contribution < -0.4 is 0 Å². The molecule has 0 aromatic heterocycles. The molecule has 1 rings (SSSR count). The van der Waals surface area contributed by atoms with Crippen molar-refractivity contribution in [1.29, 1.82) is 5.39 Å². The van der Waals surface area contributed by atoms with Crippen molar-refractivity contribution in [3.8, 4) is 0 Å². The van der Waals surface area contributed by atoms with Crippen LogP contribution in [0.3, 0.4) is 0 Å². The molecule has 94 valence electrons. The van der Waals surface area contributed by atoms with E-state index in [1.54, 1.807) is 12.1 Å². The summed E-state index contributed by atoms with van der Waals surface area (Å²) in [6.07, 6.45) is 0. The Balaban J connectivity index is 0.000000437. The number of halogens is 4. The van der Waals surface area contributed by atoms with E-state index in [1.807, 2.05) is 12.1 Å². The molecule has 0 aliphatic carbocycles. The molecule has 0 atom stereocenters. The van der Waals surface area contributed by atoms with Crippen LogP contribution >= 0.6 is 0 Å². The number of hydrogen-bond acceptors (Lipinski definition) is 1. The van der Waals surface area contributed by atoms with Crippen LogP contribution in [0.15, 0.2) is 24.3 Å². The summed E-state index contributed by atoms with van der Waals surface area (Å²) in [6.45, 7) is 6.45. The second kappa shape index (κ2) is 5.66. The standard InChI is InChI=1S/C10H13N2.BF4/c1-10(2,3)8-4-6-9(12-11)7-5-8;2-1(3,4)5/h4-7H,1-3H3;/q+1;-1. The molecule has 0 saturated carbocycles. The van der Waals surface area contributed by atoms with Gasteiger partial charge in [0, 0.05) is 12.1 Å². The van der Waals surface area contributed by atoms with Crippen molar-refractivity contribution >= 4 is 12.9 Å². The molecular formula is C10H13BF4N2. The Morgan fingerprint density at radius 2 is 1.35 bits per heavy atom. The van der Waals surface area contributed by atoms with Gasteiger partial charge in [-0.25, -0.2) is 0 Å². The highest BCUT2D eigenvalue weighted by Crippen LogP contribution is 2.24. The number of hydrogen-bond donors (Lipinski definition) is 0. The second-order valence-electron chi connectivity index (χ2n) is 4.39. The van der Waals surface area contributed by atoms with E-state index in [2.05, 4.69) is 25.7 Å². The summed E-state index contributed by atoms with van der Waals surface area (Å²) >= 11 is 0. The molecule has 1 aromatic rings. The molecule has 1 aromatic carbocycles. The first kappa shape index (κ1) is 15.4. The fourth-order valence-electron chi connectivity index (χ4n) is 1.03. The van der Waals surface area contributed by atoms with Gasteiger partial charge < -0.3 is 17.3 Å². The highest BCUT2D eigenvalue weighted by molar-refractivity contribution is 6.50. The monoisotopic (exact) mass is 248 g/mol. The number of nitrogens with zero attached hydrogens (tertiary/aromatic N) is 2. The van der Waals surface area contributed by atoms with Crippen molar-refractivity contribution < 1.29 is 17.3 Å². The predicted molar refractivity (Wildman–Crippen MR) is 60.1 cm³/mol. The molecule has 0 heterocycles. The highest BCUT2D eigenvalue weighted by Gasteiger charge is 2.20. The van der Waals surface area contributed by atoms with Crippen LogP contribution in [0.4, 0.5) is 23.0 Å². The number of diazo groups is 1. The minimum absolute atomic E-state index is 0.161. The number of benzene rings is 1. The zero-order valence-electron chi connectivity index (χ0n) is 9.79. The molecule has 7 heteroatoms. The lowest BCUT2D eigenvalue weighted by atomic mass is 9.87.